The van der Waals surface area contributed by atoms with Gasteiger partial charge in [-0.1, -0.05) is 12.1 Å². The van der Waals surface area contributed by atoms with Gasteiger partial charge in [0.2, 0.25) is 0 Å². The topological polar surface area (TPSA) is 53.1 Å². The van der Waals surface area contributed by atoms with Gasteiger partial charge in [-0.15, -0.1) is 0 Å². The lowest BCUT2D eigenvalue weighted by Crippen LogP contribution is -2.40. The molecule has 0 amide bonds. The van der Waals surface area contributed by atoms with Gasteiger partial charge in [-0.25, -0.2) is 4.98 Å². The zero-order chi connectivity index (χ0) is 11.9. The number of aromatic amines is 1. The fourth-order valence-electron chi connectivity index (χ4n) is 2.11. The summed E-state index contributed by atoms with van der Waals surface area (Å²) in [4.78, 5) is 12.4. The Labute approximate surface area is 100 Å². The Morgan fingerprint density at radius 2 is 2.12 bits per heavy atom. The van der Waals surface area contributed by atoms with Crippen molar-refractivity contribution in [2.45, 2.75) is 25.8 Å². The molecule has 1 aliphatic heterocycles. The summed E-state index contributed by atoms with van der Waals surface area (Å²) in [5.74, 6) is 1.99. The van der Waals surface area contributed by atoms with E-state index < -0.39 is 0 Å². The Hall–Kier alpha value is -1.84. The number of rotatable bonds is 2. The fraction of sp³-hybridized carbons (Fsp3) is 0.385. The van der Waals surface area contributed by atoms with E-state index in [1.807, 2.05) is 24.3 Å². The van der Waals surface area contributed by atoms with Gasteiger partial charge in [-0.2, -0.15) is 0 Å². The number of para-hydroxylation sites is 2. The molecule has 0 saturated carbocycles. The van der Waals surface area contributed by atoms with Crippen LogP contribution >= 0.6 is 0 Å². The molecule has 0 atom stereocenters. The van der Waals surface area contributed by atoms with Crippen LogP contribution in [0.1, 0.15) is 19.7 Å². The Morgan fingerprint density at radius 3 is 2.82 bits per heavy atom. The second kappa shape index (κ2) is 3.58. The largest absolute Gasteiger partial charge is 0.367 e. The van der Waals surface area contributed by atoms with Crippen LogP contribution < -0.4 is 5.32 Å². The molecule has 3 rings (SSSR count). The number of H-pyrrole nitrogens is 1. The molecule has 1 aromatic carbocycles. The highest BCUT2D eigenvalue weighted by atomic mass is 15.1. The smallest absolute Gasteiger partial charge is 0.114 e. The number of hydrogen-bond acceptors (Lipinski definition) is 3. The zero-order valence-corrected chi connectivity index (χ0v) is 10.1. The minimum atomic E-state index is 0.0847. The molecule has 2 heterocycles. The molecule has 0 radical (unpaired) electrons. The molecule has 0 bridgehead atoms. The Bertz CT molecular complexity index is 547. The molecule has 0 unspecified atom stereocenters. The van der Waals surface area contributed by atoms with Crippen molar-refractivity contribution < 1.29 is 0 Å². The fourth-order valence-corrected chi connectivity index (χ4v) is 2.11. The number of amidine groups is 1. The van der Waals surface area contributed by atoms with Gasteiger partial charge >= 0.3 is 0 Å². The molecule has 4 heteroatoms. The summed E-state index contributed by atoms with van der Waals surface area (Å²) >= 11 is 0. The third-order valence-electron chi connectivity index (χ3n) is 2.92. The monoisotopic (exact) mass is 228 g/mol. The Kier molecular flexibility index (Phi) is 2.18. The van der Waals surface area contributed by atoms with E-state index in [1.165, 1.54) is 0 Å². The normalized spacial score (nSPS) is 18.1. The van der Waals surface area contributed by atoms with Crippen LogP contribution in [0.25, 0.3) is 11.0 Å². The summed E-state index contributed by atoms with van der Waals surface area (Å²) in [5, 5.41) is 3.41. The molecule has 0 spiro atoms. The first-order chi connectivity index (χ1) is 8.12. The van der Waals surface area contributed by atoms with Crippen LogP contribution in [-0.2, 0) is 6.42 Å². The molecule has 17 heavy (non-hydrogen) atoms. The van der Waals surface area contributed by atoms with Crippen molar-refractivity contribution in [1.82, 2.24) is 15.3 Å². The van der Waals surface area contributed by atoms with Crippen LogP contribution in [0.5, 0.6) is 0 Å². The minimum Gasteiger partial charge on any atom is -0.367 e. The standard InChI is InChI=1S/C13H16N4/c1-13(2)8-14-11(17-13)7-12-15-9-5-3-4-6-10(9)16-12/h3-6H,7-8H2,1-2H3,(H,14,17)(H,15,16). The molecular weight excluding hydrogens is 212 g/mol. The molecule has 2 N–H and O–H groups in total. The summed E-state index contributed by atoms with van der Waals surface area (Å²) in [6.45, 7) is 5.15. The van der Waals surface area contributed by atoms with E-state index >= 15 is 0 Å². The predicted octanol–water partition coefficient (Wildman–Crippen LogP) is 1.89. The molecule has 1 aliphatic rings. The van der Waals surface area contributed by atoms with Crippen molar-refractivity contribution in [1.29, 1.82) is 0 Å². The number of fused-ring (bicyclic) bond motifs is 1. The molecule has 1 aromatic heterocycles. The quantitative estimate of drug-likeness (QED) is 0.824. The highest BCUT2D eigenvalue weighted by molar-refractivity contribution is 5.87. The first kappa shape index (κ1) is 10.3. The number of aromatic nitrogens is 2. The molecule has 2 aromatic rings. The van der Waals surface area contributed by atoms with Gasteiger partial charge in [0.25, 0.3) is 0 Å². The second-order valence-corrected chi connectivity index (χ2v) is 5.15. The molecule has 0 aliphatic carbocycles. The molecule has 4 nitrogen and oxygen atoms in total. The number of hydrogen-bond donors (Lipinski definition) is 2. The predicted molar refractivity (Wildman–Crippen MR) is 69.3 cm³/mol. The number of benzene rings is 1. The van der Waals surface area contributed by atoms with Gasteiger partial charge in [-0.05, 0) is 26.0 Å². The van der Waals surface area contributed by atoms with Crippen LogP contribution in [0.3, 0.4) is 0 Å². The number of aliphatic imine (C=N–C) groups is 1. The van der Waals surface area contributed by atoms with Crippen molar-refractivity contribution >= 4 is 16.9 Å². The summed E-state index contributed by atoms with van der Waals surface area (Å²) < 4.78 is 0. The summed E-state index contributed by atoms with van der Waals surface area (Å²) in [6.07, 6.45) is 0.748. The van der Waals surface area contributed by atoms with Crippen LogP contribution in [0, 0.1) is 0 Å². The van der Waals surface area contributed by atoms with Gasteiger partial charge in [0.15, 0.2) is 0 Å². The van der Waals surface area contributed by atoms with E-state index in [2.05, 4.69) is 34.1 Å². The molecule has 0 fully saturated rings. The van der Waals surface area contributed by atoms with Gasteiger partial charge in [0, 0.05) is 0 Å². The maximum Gasteiger partial charge on any atom is 0.114 e. The van der Waals surface area contributed by atoms with E-state index in [1.54, 1.807) is 0 Å². The highest BCUT2D eigenvalue weighted by Gasteiger charge is 2.24. The lowest BCUT2D eigenvalue weighted by Gasteiger charge is -2.17. The Balaban J connectivity index is 1.82. The first-order valence-electron chi connectivity index (χ1n) is 5.88. The van der Waals surface area contributed by atoms with Crippen molar-refractivity contribution in [2.24, 2.45) is 4.99 Å². The van der Waals surface area contributed by atoms with Gasteiger partial charge in [0.05, 0.1) is 29.5 Å². The Morgan fingerprint density at radius 1 is 1.29 bits per heavy atom. The van der Waals surface area contributed by atoms with Crippen molar-refractivity contribution in [3.63, 3.8) is 0 Å². The van der Waals surface area contributed by atoms with Crippen molar-refractivity contribution in [3.8, 4) is 0 Å². The average Bonchev–Trinajstić information content (AvgIpc) is 2.81. The number of imidazole rings is 1. The highest BCUT2D eigenvalue weighted by Crippen LogP contribution is 2.14. The third-order valence-corrected chi connectivity index (χ3v) is 2.92. The first-order valence-corrected chi connectivity index (χ1v) is 5.88. The molecule has 88 valence electrons. The zero-order valence-electron chi connectivity index (χ0n) is 10.1. The minimum absolute atomic E-state index is 0.0847. The van der Waals surface area contributed by atoms with Crippen LogP contribution in [0.15, 0.2) is 29.3 Å². The summed E-state index contributed by atoms with van der Waals surface area (Å²) in [6, 6.07) is 8.07. The summed E-state index contributed by atoms with van der Waals surface area (Å²) in [5.41, 5.74) is 2.18. The van der Waals surface area contributed by atoms with Crippen LogP contribution in [0.2, 0.25) is 0 Å². The number of nitrogens with one attached hydrogen (secondary N) is 2. The van der Waals surface area contributed by atoms with Crippen LogP contribution in [-0.4, -0.2) is 27.9 Å². The van der Waals surface area contributed by atoms with Crippen molar-refractivity contribution in [2.75, 3.05) is 6.54 Å². The lowest BCUT2D eigenvalue weighted by molar-refractivity contribution is 0.504. The summed E-state index contributed by atoms with van der Waals surface area (Å²) in [7, 11) is 0. The molecular formula is C13H16N4. The maximum absolute atomic E-state index is 4.55. The van der Waals surface area contributed by atoms with E-state index in [0.717, 1.165) is 35.7 Å². The third kappa shape index (κ3) is 2.02. The number of nitrogens with zero attached hydrogens (tertiary/aromatic N) is 2. The van der Waals surface area contributed by atoms with Crippen LogP contribution in [0.4, 0.5) is 0 Å². The maximum atomic E-state index is 4.55. The second-order valence-electron chi connectivity index (χ2n) is 5.15. The van der Waals surface area contributed by atoms with Gasteiger partial charge in [0.1, 0.15) is 11.7 Å². The SMILES string of the molecule is CC1(C)CN=C(Cc2nc3ccccc3[nH]2)N1. The lowest BCUT2D eigenvalue weighted by atomic mass is 10.1. The van der Waals surface area contributed by atoms with Crippen molar-refractivity contribution in [3.05, 3.63) is 30.1 Å². The average molecular weight is 228 g/mol. The van der Waals surface area contributed by atoms with Gasteiger partial charge < -0.3 is 10.3 Å². The molecule has 0 saturated heterocycles. The van der Waals surface area contributed by atoms with E-state index in [9.17, 15) is 0 Å². The van der Waals surface area contributed by atoms with Gasteiger partial charge in [-0.3, -0.25) is 4.99 Å². The van der Waals surface area contributed by atoms with E-state index in [4.69, 9.17) is 0 Å². The van der Waals surface area contributed by atoms with E-state index in [-0.39, 0.29) is 5.54 Å². The van der Waals surface area contributed by atoms with E-state index in [0.29, 0.717) is 0 Å².